The lowest BCUT2D eigenvalue weighted by Crippen LogP contribution is -2.00. The molecular formula is C14H18FN3O. The first-order valence-electron chi connectivity index (χ1n) is 6.40. The zero-order valence-corrected chi connectivity index (χ0v) is 11.2. The molecule has 0 unspecified atom stereocenters. The van der Waals surface area contributed by atoms with Crippen molar-refractivity contribution in [3.05, 3.63) is 42.0 Å². The number of hydrogen-bond acceptors (Lipinski definition) is 3. The standard InChI is InChI=1S/C14H18FN3O/c1-3-18-10-11(9-17-18)8-16-12-5-6-14(19-4-2)13(15)7-12/h5-7,9-10,16H,3-4,8H2,1-2H3. The summed E-state index contributed by atoms with van der Waals surface area (Å²) in [5.41, 5.74) is 1.79. The maximum absolute atomic E-state index is 13.6. The third-order valence-corrected chi connectivity index (χ3v) is 2.74. The van der Waals surface area contributed by atoms with Crippen molar-refractivity contribution in [2.45, 2.75) is 26.9 Å². The first-order valence-corrected chi connectivity index (χ1v) is 6.40. The van der Waals surface area contributed by atoms with Crippen molar-refractivity contribution in [1.29, 1.82) is 0 Å². The molecule has 0 fully saturated rings. The molecule has 0 aliphatic carbocycles. The van der Waals surface area contributed by atoms with Crippen LogP contribution >= 0.6 is 0 Å². The van der Waals surface area contributed by atoms with Crippen molar-refractivity contribution in [1.82, 2.24) is 9.78 Å². The summed E-state index contributed by atoms with van der Waals surface area (Å²) in [5.74, 6) is -0.0667. The predicted molar refractivity (Wildman–Crippen MR) is 72.8 cm³/mol. The molecule has 1 N–H and O–H groups in total. The zero-order chi connectivity index (χ0) is 13.7. The van der Waals surface area contributed by atoms with E-state index < -0.39 is 0 Å². The van der Waals surface area contributed by atoms with Gasteiger partial charge in [0, 0.05) is 36.6 Å². The van der Waals surface area contributed by atoms with E-state index in [1.54, 1.807) is 18.3 Å². The van der Waals surface area contributed by atoms with Gasteiger partial charge in [-0.1, -0.05) is 0 Å². The smallest absolute Gasteiger partial charge is 0.167 e. The number of anilines is 1. The summed E-state index contributed by atoms with van der Waals surface area (Å²) in [6, 6.07) is 4.88. The molecule has 0 atom stereocenters. The van der Waals surface area contributed by atoms with Crippen LogP contribution in [0, 0.1) is 5.82 Å². The van der Waals surface area contributed by atoms with Crippen LogP contribution < -0.4 is 10.1 Å². The van der Waals surface area contributed by atoms with Crippen LogP contribution in [0.2, 0.25) is 0 Å². The molecule has 0 aliphatic rings. The third kappa shape index (κ3) is 3.47. The summed E-state index contributed by atoms with van der Waals surface area (Å²) in [4.78, 5) is 0. The monoisotopic (exact) mass is 263 g/mol. The topological polar surface area (TPSA) is 39.1 Å². The minimum Gasteiger partial charge on any atom is -0.491 e. The van der Waals surface area contributed by atoms with E-state index in [-0.39, 0.29) is 11.6 Å². The van der Waals surface area contributed by atoms with Crippen LogP contribution in [-0.2, 0) is 13.1 Å². The lowest BCUT2D eigenvalue weighted by Gasteiger charge is -2.08. The summed E-state index contributed by atoms with van der Waals surface area (Å²) >= 11 is 0. The van der Waals surface area contributed by atoms with E-state index in [9.17, 15) is 4.39 Å². The van der Waals surface area contributed by atoms with Crippen molar-refractivity contribution >= 4 is 5.69 Å². The van der Waals surface area contributed by atoms with Crippen molar-refractivity contribution in [2.24, 2.45) is 0 Å². The number of rotatable bonds is 6. The molecule has 0 saturated carbocycles. The van der Waals surface area contributed by atoms with Gasteiger partial charge in [-0.3, -0.25) is 4.68 Å². The maximum Gasteiger partial charge on any atom is 0.167 e. The fraction of sp³-hybridized carbons (Fsp3) is 0.357. The van der Waals surface area contributed by atoms with Gasteiger partial charge in [-0.15, -0.1) is 0 Å². The van der Waals surface area contributed by atoms with E-state index in [1.807, 2.05) is 24.7 Å². The molecule has 2 rings (SSSR count). The third-order valence-electron chi connectivity index (χ3n) is 2.74. The van der Waals surface area contributed by atoms with Crippen LogP contribution in [0.1, 0.15) is 19.4 Å². The molecule has 0 amide bonds. The molecule has 0 bridgehead atoms. The maximum atomic E-state index is 13.6. The Balaban J connectivity index is 1.97. The highest BCUT2D eigenvalue weighted by atomic mass is 19.1. The predicted octanol–water partition coefficient (Wildman–Crippen LogP) is 3.05. The van der Waals surface area contributed by atoms with Gasteiger partial charge in [-0.25, -0.2) is 4.39 Å². The second-order valence-corrected chi connectivity index (χ2v) is 4.14. The number of ether oxygens (including phenoxy) is 1. The average molecular weight is 263 g/mol. The second kappa shape index (κ2) is 6.22. The Hall–Kier alpha value is -2.04. The number of aromatic nitrogens is 2. The van der Waals surface area contributed by atoms with Crippen LogP contribution in [0.25, 0.3) is 0 Å². The number of benzene rings is 1. The Morgan fingerprint density at radius 1 is 1.37 bits per heavy atom. The first kappa shape index (κ1) is 13.4. The molecule has 5 heteroatoms. The quantitative estimate of drug-likeness (QED) is 0.870. The second-order valence-electron chi connectivity index (χ2n) is 4.14. The minimum absolute atomic E-state index is 0.284. The van der Waals surface area contributed by atoms with Gasteiger partial charge >= 0.3 is 0 Å². The van der Waals surface area contributed by atoms with Crippen LogP contribution in [-0.4, -0.2) is 16.4 Å². The first-order chi connectivity index (χ1) is 9.22. The highest BCUT2D eigenvalue weighted by Gasteiger charge is 2.04. The molecule has 0 radical (unpaired) electrons. The Labute approximate surface area is 112 Å². The Morgan fingerprint density at radius 3 is 2.84 bits per heavy atom. The van der Waals surface area contributed by atoms with E-state index >= 15 is 0 Å². The van der Waals surface area contributed by atoms with Crippen LogP contribution in [0.3, 0.4) is 0 Å². The normalized spacial score (nSPS) is 10.5. The fourth-order valence-electron chi connectivity index (χ4n) is 1.76. The fourth-order valence-corrected chi connectivity index (χ4v) is 1.76. The SMILES string of the molecule is CCOc1ccc(NCc2cnn(CC)c2)cc1F. The molecule has 1 heterocycles. The summed E-state index contributed by atoms with van der Waals surface area (Å²) in [6.45, 7) is 5.79. The van der Waals surface area contributed by atoms with Gasteiger partial charge in [0.15, 0.2) is 11.6 Å². The summed E-state index contributed by atoms with van der Waals surface area (Å²) in [6.07, 6.45) is 3.78. The molecule has 1 aromatic heterocycles. The van der Waals surface area contributed by atoms with Crippen molar-refractivity contribution in [3.63, 3.8) is 0 Å². The number of halogens is 1. The number of hydrogen-bond donors (Lipinski definition) is 1. The molecule has 2 aromatic rings. The van der Waals surface area contributed by atoms with Gasteiger partial charge in [-0.05, 0) is 26.0 Å². The van der Waals surface area contributed by atoms with Crippen LogP contribution in [0.15, 0.2) is 30.6 Å². The number of nitrogens with one attached hydrogen (secondary N) is 1. The Kier molecular flexibility index (Phi) is 4.39. The summed E-state index contributed by atoms with van der Waals surface area (Å²) in [5, 5.41) is 7.35. The number of aryl methyl sites for hydroxylation is 1. The van der Waals surface area contributed by atoms with Gasteiger partial charge in [0.25, 0.3) is 0 Å². The molecule has 4 nitrogen and oxygen atoms in total. The van der Waals surface area contributed by atoms with Crippen molar-refractivity contribution in [3.8, 4) is 5.75 Å². The lowest BCUT2D eigenvalue weighted by atomic mass is 10.2. The summed E-state index contributed by atoms with van der Waals surface area (Å²) in [7, 11) is 0. The Bertz CT molecular complexity index is 539. The largest absolute Gasteiger partial charge is 0.491 e. The molecule has 19 heavy (non-hydrogen) atoms. The van der Waals surface area contributed by atoms with Gasteiger partial charge in [-0.2, -0.15) is 5.10 Å². The average Bonchev–Trinajstić information content (AvgIpc) is 2.87. The molecule has 102 valence electrons. The van der Waals surface area contributed by atoms with E-state index in [0.29, 0.717) is 13.2 Å². The number of nitrogens with zero attached hydrogens (tertiary/aromatic N) is 2. The van der Waals surface area contributed by atoms with E-state index in [4.69, 9.17) is 4.74 Å². The molecule has 0 aliphatic heterocycles. The molecule has 0 saturated heterocycles. The zero-order valence-electron chi connectivity index (χ0n) is 11.2. The van der Waals surface area contributed by atoms with Gasteiger partial charge < -0.3 is 10.1 Å². The van der Waals surface area contributed by atoms with Gasteiger partial charge in [0.2, 0.25) is 0 Å². The highest BCUT2D eigenvalue weighted by molar-refractivity contribution is 5.47. The van der Waals surface area contributed by atoms with E-state index in [1.165, 1.54) is 6.07 Å². The van der Waals surface area contributed by atoms with Gasteiger partial charge in [0.05, 0.1) is 12.8 Å². The van der Waals surface area contributed by atoms with Crippen molar-refractivity contribution < 1.29 is 9.13 Å². The molecule has 0 spiro atoms. The van der Waals surface area contributed by atoms with Gasteiger partial charge in [0.1, 0.15) is 0 Å². The molecular weight excluding hydrogens is 245 g/mol. The minimum atomic E-state index is -0.351. The van der Waals surface area contributed by atoms with E-state index in [2.05, 4.69) is 10.4 Å². The van der Waals surface area contributed by atoms with Crippen LogP contribution in [0.5, 0.6) is 5.75 Å². The van der Waals surface area contributed by atoms with Crippen LogP contribution in [0.4, 0.5) is 10.1 Å². The highest BCUT2D eigenvalue weighted by Crippen LogP contribution is 2.21. The summed E-state index contributed by atoms with van der Waals surface area (Å²) < 4.78 is 20.7. The molecule has 1 aromatic carbocycles. The lowest BCUT2D eigenvalue weighted by molar-refractivity contribution is 0.321. The van der Waals surface area contributed by atoms with Crippen molar-refractivity contribution in [2.75, 3.05) is 11.9 Å². The van der Waals surface area contributed by atoms with E-state index in [0.717, 1.165) is 17.8 Å². The Morgan fingerprint density at radius 2 is 2.21 bits per heavy atom.